The SMILES string of the molecule is Cn1ccnc1C[C@H]1CCCN(C(=O)[C@H](N)c2ccccc2)C1. The Morgan fingerprint density at radius 1 is 1.39 bits per heavy atom. The molecule has 0 aliphatic carbocycles. The van der Waals surface area contributed by atoms with E-state index in [9.17, 15) is 4.79 Å². The Kier molecular flexibility index (Phi) is 4.76. The number of aryl methyl sites for hydroxylation is 1. The predicted octanol–water partition coefficient (Wildman–Crippen LogP) is 1.90. The predicted molar refractivity (Wildman–Crippen MR) is 89.6 cm³/mol. The highest BCUT2D eigenvalue weighted by Crippen LogP contribution is 2.23. The van der Waals surface area contributed by atoms with Gasteiger partial charge in [0.05, 0.1) is 0 Å². The summed E-state index contributed by atoms with van der Waals surface area (Å²) in [6.45, 7) is 1.57. The second-order valence-electron chi connectivity index (χ2n) is 6.34. The van der Waals surface area contributed by atoms with E-state index >= 15 is 0 Å². The second-order valence-corrected chi connectivity index (χ2v) is 6.34. The Hall–Kier alpha value is -2.14. The monoisotopic (exact) mass is 312 g/mol. The zero-order valence-corrected chi connectivity index (χ0v) is 13.6. The van der Waals surface area contributed by atoms with Crippen LogP contribution in [-0.4, -0.2) is 33.4 Å². The van der Waals surface area contributed by atoms with Crippen LogP contribution < -0.4 is 5.73 Å². The summed E-state index contributed by atoms with van der Waals surface area (Å²) in [6, 6.07) is 9.04. The molecule has 1 fully saturated rings. The van der Waals surface area contributed by atoms with Gasteiger partial charge in [-0.2, -0.15) is 0 Å². The van der Waals surface area contributed by atoms with Crippen LogP contribution in [0.4, 0.5) is 0 Å². The molecule has 2 atom stereocenters. The van der Waals surface area contributed by atoms with Crippen molar-refractivity contribution in [1.29, 1.82) is 0 Å². The molecule has 1 saturated heterocycles. The van der Waals surface area contributed by atoms with Crippen molar-refractivity contribution >= 4 is 5.91 Å². The van der Waals surface area contributed by atoms with Gasteiger partial charge in [-0.1, -0.05) is 30.3 Å². The van der Waals surface area contributed by atoms with Crippen molar-refractivity contribution < 1.29 is 4.79 Å². The summed E-state index contributed by atoms with van der Waals surface area (Å²) in [7, 11) is 2.01. The van der Waals surface area contributed by atoms with Gasteiger partial charge < -0.3 is 15.2 Å². The van der Waals surface area contributed by atoms with Crippen LogP contribution in [0.2, 0.25) is 0 Å². The Bertz CT molecular complexity index is 652. The number of likely N-dealkylation sites (tertiary alicyclic amines) is 1. The molecule has 1 amide bonds. The molecule has 2 N–H and O–H groups in total. The lowest BCUT2D eigenvalue weighted by Crippen LogP contribution is -2.44. The van der Waals surface area contributed by atoms with Crippen LogP contribution >= 0.6 is 0 Å². The summed E-state index contributed by atoms with van der Waals surface area (Å²) in [5, 5.41) is 0. The second kappa shape index (κ2) is 6.96. The van der Waals surface area contributed by atoms with E-state index in [1.165, 1.54) is 0 Å². The van der Waals surface area contributed by atoms with Gasteiger partial charge in [0.2, 0.25) is 5.91 Å². The van der Waals surface area contributed by atoms with Crippen molar-refractivity contribution in [3.63, 3.8) is 0 Å². The summed E-state index contributed by atoms with van der Waals surface area (Å²) < 4.78 is 2.05. The molecule has 2 aromatic rings. The highest BCUT2D eigenvalue weighted by Gasteiger charge is 2.28. The van der Waals surface area contributed by atoms with Crippen LogP contribution in [-0.2, 0) is 18.3 Å². The summed E-state index contributed by atoms with van der Waals surface area (Å²) in [5.41, 5.74) is 7.05. The van der Waals surface area contributed by atoms with Gasteiger partial charge in [0.15, 0.2) is 0 Å². The highest BCUT2D eigenvalue weighted by atomic mass is 16.2. The molecule has 0 bridgehead atoms. The molecule has 0 saturated carbocycles. The van der Waals surface area contributed by atoms with Gasteiger partial charge in [-0.25, -0.2) is 4.98 Å². The zero-order valence-electron chi connectivity index (χ0n) is 13.6. The van der Waals surface area contributed by atoms with Crippen molar-refractivity contribution in [1.82, 2.24) is 14.5 Å². The summed E-state index contributed by atoms with van der Waals surface area (Å²) >= 11 is 0. The van der Waals surface area contributed by atoms with Gasteiger partial charge in [0, 0.05) is 39.0 Å². The third kappa shape index (κ3) is 3.62. The van der Waals surface area contributed by atoms with Crippen LogP contribution in [0.25, 0.3) is 0 Å². The Morgan fingerprint density at radius 3 is 2.87 bits per heavy atom. The largest absolute Gasteiger partial charge is 0.341 e. The highest BCUT2D eigenvalue weighted by molar-refractivity contribution is 5.83. The number of benzene rings is 1. The number of piperidine rings is 1. The van der Waals surface area contributed by atoms with Crippen LogP contribution in [0.5, 0.6) is 0 Å². The van der Waals surface area contributed by atoms with Gasteiger partial charge in [-0.05, 0) is 24.3 Å². The number of aromatic nitrogens is 2. The van der Waals surface area contributed by atoms with Crippen LogP contribution in [0.1, 0.15) is 30.3 Å². The average Bonchev–Trinajstić information content (AvgIpc) is 2.99. The Balaban J connectivity index is 1.64. The van der Waals surface area contributed by atoms with Gasteiger partial charge in [0.1, 0.15) is 11.9 Å². The van der Waals surface area contributed by atoms with E-state index in [0.717, 1.165) is 43.7 Å². The van der Waals surface area contributed by atoms with E-state index in [1.807, 2.05) is 54.7 Å². The topological polar surface area (TPSA) is 64.2 Å². The fraction of sp³-hybridized carbons (Fsp3) is 0.444. The fourth-order valence-electron chi connectivity index (χ4n) is 3.28. The number of hydrogen-bond donors (Lipinski definition) is 1. The van der Waals surface area contributed by atoms with Crippen LogP contribution in [0.15, 0.2) is 42.7 Å². The van der Waals surface area contributed by atoms with Crippen molar-refractivity contribution in [2.75, 3.05) is 13.1 Å². The van der Waals surface area contributed by atoms with Crippen molar-refractivity contribution in [3.8, 4) is 0 Å². The molecule has 5 nitrogen and oxygen atoms in total. The third-order valence-electron chi connectivity index (χ3n) is 4.65. The van der Waals surface area contributed by atoms with Gasteiger partial charge in [-0.3, -0.25) is 4.79 Å². The first-order valence-electron chi connectivity index (χ1n) is 8.20. The Labute approximate surface area is 137 Å². The minimum Gasteiger partial charge on any atom is -0.341 e. The molecule has 1 aromatic carbocycles. The zero-order chi connectivity index (χ0) is 16.2. The van der Waals surface area contributed by atoms with E-state index in [0.29, 0.717) is 5.92 Å². The smallest absolute Gasteiger partial charge is 0.244 e. The average molecular weight is 312 g/mol. The molecule has 3 rings (SSSR count). The lowest BCUT2D eigenvalue weighted by atomic mass is 9.93. The number of amides is 1. The number of nitrogens with two attached hydrogens (primary N) is 1. The molecule has 1 aromatic heterocycles. The Morgan fingerprint density at radius 2 is 2.17 bits per heavy atom. The molecule has 5 heteroatoms. The number of nitrogens with zero attached hydrogens (tertiary/aromatic N) is 3. The minimum atomic E-state index is -0.567. The molecule has 122 valence electrons. The van der Waals surface area contributed by atoms with E-state index in [2.05, 4.69) is 9.55 Å². The number of imidazole rings is 1. The maximum atomic E-state index is 12.7. The van der Waals surface area contributed by atoms with E-state index in [4.69, 9.17) is 5.73 Å². The van der Waals surface area contributed by atoms with Gasteiger partial charge >= 0.3 is 0 Å². The molecule has 0 spiro atoms. The first-order chi connectivity index (χ1) is 11.1. The van der Waals surface area contributed by atoms with Crippen molar-refractivity contribution in [2.24, 2.45) is 18.7 Å². The molecular formula is C18H24N4O. The molecular weight excluding hydrogens is 288 g/mol. The lowest BCUT2D eigenvalue weighted by molar-refractivity contribution is -0.134. The summed E-state index contributed by atoms with van der Waals surface area (Å²) in [5.74, 6) is 1.56. The molecule has 1 aliphatic heterocycles. The molecule has 2 heterocycles. The number of rotatable bonds is 4. The van der Waals surface area contributed by atoms with Gasteiger partial charge in [-0.15, -0.1) is 0 Å². The third-order valence-corrected chi connectivity index (χ3v) is 4.65. The maximum absolute atomic E-state index is 12.7. The first-order valence-corrected chi connectivity index (χ1v) is 8.20. The van der Waals surface area contributed by atoms with Gasteiger partial charge in [0.25, 0.3) is 0 Å². The number of carbonyl (C=O) groups excluding carboxylic acids is 1. The molecule has 0 unspecified atom stereocenters. The lowest BCUT2D eigenvalue weighted by Gasteiger charge is -2.34. The number of hydrogen-bond acceptors (Lipinski definition) is 3. The number of carbonyl (C=O) groups is 1. The quantitative estimate of drug-likeness (QED) is 0.938. The molecule has 0 radical (unpaired) electrons. The van der Waals surface area contributed by atoms with Crippen molar-refractivity contribution in [3.05, 3.63) is 54.1 Å². The summed E-state index contributed by atoms with van der Waals surface area (Å²) in [4.78, 5) is 19.0. The first kappa shape index (κ1) is 15.7. The maximum Gasteiger partial charge on any atom is 0.244 e. The standard InChI is InChI=1S/C18H24N4O/c1-21-11-9-20-16(21)12-14-6-5-10-22(13-14)18(23)17(19)15-7-3-2-4-8-15/h2-4,7-9,11,14,17H,5-6,10,12-13,19H2,1H3/t14-,17-/m1/s1. The normalized spacial score (nSPS) is 19.6. The molecule has 23 heavy (non-hydrogen) atoms. The fourth-order valence-corrected chi connectivity index (χ4v) is 3.28. The minimum absolute atomic E-state index is 0.0285. The van der Waals surface area contributed by atoms with Crippen molar-refractivity contribution in [2.45, 2.75) is 25.3 Å². The van der Waals surface area contributed by atoms with Crippen LogP contribution in [0.3, 0.4) is 0 Å². The van der Waals surface area contributed by atoms with E-state index < -0.39 is 6.04 Å². The molecule has 1 aliphatic rings. The summed E-state index contributed by atoms with van der Waals surface area (Å²) in [6.07, 6.45) is 6.87. The van der Waals surface area contributed by atoms with E-state index in [-0.39, 0.29) is 5.91 Å². The van der Waals surface area contributed by atoms with Crippen LogP contribution in [0, 0.1) is 5.92 Å². The van der Waals surface area contributed by atoms with E-state index in [1.54, 1.807) is 0 Å².